The fraction of sp³-hybridized carbons (Fsp3) is 0.0755. The van der Waals surface area contributed by atoms with E-state index in [1.165, 1.54) is 71.6 Å². The van der Waals surface area contributed by atoms with Crippen LogP contribution in [0, 0.1) is 13.8 Å². The van der Waals surface area contributed by atoms with Gasteiger partial charge in [-0.25, -0.2) is 15.0 Å². The Morgan fingerprint density at radius 2 is 1.00 bits per heavy atom. The molecule has 3 heterocycles. The van der Waals surface area contributed by atoms with Gasteiger partial charge in [0.1, 0.15) is 0 Å². The number of rotatable bonds is 6. The van der Waals surface area contributed by atoms with E-state index < -0.39 is 0 Å². The van der Waals surface area contributed by atoms with Crippen molar-refractivity contribution in [2.45, 2.75) is 26.7 Å². The van der Waals surface area contributed by atoms with E-state index in [9.17, 15) is 0 Å². The quantitative estimate of drug-likeness (QED) is 0.170. The van der Waals surface area contributed by atoms with E-state index >= 15 is 0 Å². The van der Waals surface area contributed by atoms with E-state index in [1.54, 1.807) is 0 Å². The van der Waals surface area contributed by atoms with Crippen molar-refractivity contribution in [2.75, 3.05) is 0 Å². The van der Waals surface area contributed by atoms with Crippen molar-refractivity contribution in [3.63, 3.8) is 0 Å². The van der Waals surface area contributed by atoms with Crippen LogP contribution in [0.2, 0.25) is 0 Å². The van der Waals surface area contributed by atoms with Gasteiger partial charge in [-0.1, -0.05) is 109 Å². The van der Waals surface area contributed by atoms with Gasteiger partial charge in [-0.3, -0.25) is 0 Å². The minimum atomic E-state index is 0.665. The van der Waals surface area contributed by atoms with Gasteiger partial charge in [0, 0.05) is 49.6 Å². The fourth-order valence-electron chi connectivity index (χ4n) is 8.87. The number of hydrogen-bond donors (Lipinski definition) is 0. The van der Waals surface area contributed by atoms with Crippen LogP contribution in [-0.4, -0.2) is 24.1 Å². The third-order valence-corrected chi connectivity index (χ3v) is 11.5. The lowest BCUT2D eigenvalue weighted by Crippen LogP contribution is -2.03. The third kappa shape index (κ3) is 5.66. The molecule has 0 fully saturated rings. The number of hydrogen-bond acceptors (Lipinski definition) is 3. The average Bonchev–Trinajstić information content (AvgIpc) is 3.79. The highest BCUT2D eigenvalue weighted by Crippen LogP contribution is 2.40. The zero-order valence-corrected chi connectivity index (χ0v) is 32.4. The van der Waals surface area contributed by atoms with Crippen molar-refractivity contribution >= 4 is 49.2 Å². The van der Waals surface area contributed by atoms with E-state index in [0.717, 1.165) is 35.2 Å². The largest absolute Gasteiger partial charge is 0.309 e. The van der Waals surface area contributed by atoms with Gasteiger partial charge < -0.3 is 9.13 Å². The van der Waals surface area contributed by atoms with E-state index in [4.69, 9.17) is 15.0 Å². The molecular weight excluding hydrogens is 707 g/mol. The smallest absolute Gasteiger partial charge is 0.164 e. The van der Waals surface area contributed by atoms with Crippen molar-refractivity contribution in [2.24, 2.45) is 0 Å². The van der Waals surface area contributed by atoms with Crippen LogP contribution in [0.5, 0.6) is 0 Å². The first kappa shape index (κ1) is 33.9. The van der Waals surface area contributed by atoms with Crippen LogP contribution in [0.1, 0.15) is 29.8 Å². The Labute approximate surface area is 336 Å². The van der Waals surface area contributed by atoms with Crippen molar-refractivity contribution in [1.29, 1.82) is 0 Å². The second-order valence-corrected chi connectivity index (χ2v) is 15.3. The summed E-state index contributed by atoms with van der Waals surface area (Å²) in [5.41, 5.74) is 14.9. The highest BCUT2D eigenvalue weighted by molar-refractivity contribution is 6.13. The molecule has 0 bridgehead atoms. The maximum Gasteiger partial charge on any atom is 0.164 e. The first-order valence-corrected chi connectivity index (χ1v) is 20.0. The number of fused-ring (bicyclic) bond motifs is 6. The Kier molecular flexibility index (Phi) is 8.00. The highest BCUT2D eigenvalue weighted by atomic mass is 15.0. The van der Waals surface area contributed by atoms with Crippen molar-refractivity contribution in [3.8, 4) is 45.3 Å². The standard InChI is InChI=1S/C53H39N5/c1-34-30-35(2)50-46(31-34)45-33-40(39-24-28-48-44(32-39)43-20-12-13-21-47(43)57(48)41-18-10-5-11-19-41)25-29-49(45)58(50)42-26-22-38(23-27-42)53-55-51(36-14-6-3-7-15-36)54-52(56-53)37-16-8-4-9-17-37/h3,5-8,10-33H,4,9H2,1-2H3. The lowest BCUT2D eigenvalue weighted by molar-refractivity contribution is 1.01. The van der Waals surface area contributed by atoms with E-state index in [2.05, 4.69) is 181 Å². The molecule has 0 radical (unpaired) electrons. The molecule has 0 N–H and O–H groups in total. The Morgan fingerprint density at radius 1 is 0.431 bits per heavy atom. The molecule has 11 rings (SSSR count). The predicted molar refractivity (Wildman–Crippen MR) is 241 cm³/mol. The molecule has 0 aliphatic heterocycles. The SMILES string of the molecule is Cc1cc(C)c2c(c1)c1cc(-c3ccc4c(c3)c3ccccc3n4-c3ccccc3)ccc1n2-c1ccc(-c2nc(C3=CCCC=C3)nc(-c3ccccc3)n2)cc1. The number of aryl methyl sites for hydroxylation is 2. The third-order valence-electron chi connectivity index (χ3n) is 11.5. The average molecular weight is 746 g/mol. The molecule has 0 atom stereocenters. The number of nitrogens with zero attached hydrogens (tertiary/aromatic N) is 5. The molecule has 0 saturated carbocycles. The van der Waals surface area contributed by atoms with E-state index in [-0.39, 0.29) is 0 Å². The summed E-state index contributed by atoms with van der Waals surface area (Å²) in [6, 6.07) is 56.7. The molecule has 7 aromatic carbocycles. The first-order valence-electron chi connectivity index (χ1n) is 20.0. The van der Waals surface area contributed by atoms with E-state index in [0.29, 0.717) is 17.5 Å². The normalized spacial score (nSPS) is 12.9. The van der Waals surface area contributed by atoms with Gasteiger partial charge in [0.25, 0.3) is 0 Å². The molecule has 0 unspecified atom stereocenters. The van der Waals surface area contributed by atoms with Crippen LogP contribution in [0.4, 0.5) is 0 Å². The maximum atomic E-state index is 5.01. The first-order chi connectivity index (χ1) is 28.6. The number of aromatic nitrogens is 5. The van der Waals surface area contributed by atoms with Crippen LogP contribution in [0.15, 0.2) is 176 Å². The Balaban J connectivity index is 1.03. The minimum Gasteiger partial charge on any atom is -0.309 e. The van der Waals surface area contributed by atoms with E-state index in [1.807, 2.05) is 18.2 Å². The topological polar surface area (TPSA) is 48.5 Å². The zero-order valence-electron chi connectivity index (χ0n) is 32.4. The summed E-state index contributed by atoms with van der Waals surface area (Å²) in [5.74, 6) is 2.04. The van der Waals surface area contributed by atoms with Gasteiger partial charge in [-0.2, -0.15) is 0 Å². The van der Waals surface area contributed by atoms with Crippen molar-refractivity contribution in [1.82, 2.24) is 24.1 Å². The second kappa shape index (κ2) is 13.7. The summed E-state index contributed by atoms with van der Waals surface area (Å²) in [6.45, 7) is 4.42. The van der Waals surface area contributed by atoms with Crippen molar-refractivity contribution < 1.29 is 0 Å². The predicted octanol–water partition coefficient (Wildman–Crippen LogP) is 13.4. The summed E-state index contributed by atoms with van der Waals surface area (Å²) < 4.78 is 4.78. The summed E-state index contributed by atoms with van der Waals surface area (Å²) in [5, 5.41) is 4.99. The Morgan fingerprint density at radius 3 is 1.71 bits per heavy atom. The Bertz CT molecular complexity index is 3280. The molecule has 0 spiro atoms. The molecule has 3 aromatic heterocycles. The zero-order chi connectivity index (χ0) is 38.7. The van der Waals surface area contributed by atoms with Gasteiger partial charge in [0.15, 0.2) is 17.5 Å². The number of allylic oxidation sites excluding steroid dienone is 4. The van der Waals surface area contributed by atoms with Gasteiger partial charge >= 0.3 is 0 Å². The minimum absolute atomic E-state index is 0.665. The van der Waals surface area contributed by atoms with Gasteiger partial charge in [0.05, 0.1) is 22.1 Å². The molecule has 58 heavy (non-hydrogen) atoms. The highest BCUT2D eigenvalue weighted by Gasteiger charge is 2.19. The molecule has 0 amide bonds. The lowest BCUT2D eigenvalue weighted by atomic mass is 10.00. The fourth-order valence-corrected chi connectivity index (χ4v) is 8.87. The number of para-hydroxylation sites is 2. The van der Waals surface area contributed by atoms with Gasteiger partial charge in [0.2, 0.25) is 0 Å². The Hall–Kier alpha value is -7.37. The van der Waals surface area contributed by atoms with Gasteiger partial charge in [-0.05, 0) is 116 Å². The lowest BCUT2D eigenvalue weighted by Gasteiger charge is -2.12. The molecule has 10 aromatic rings. The maximum absolute atomic E-state index is 5.01. The summed E-state index contributed by atoms with van der Waals surface area (Å²) >= 11 is 0. The molecule has 0 saturated heterocycles. The van der Waals surface area contributed by atoms with Crippen LogP contribution >= 0.6 is 0 Å². The molecule has 276 valence electrons. The second-order valence-electron chi connectivity index (χ2n) is 15.3. The monoisotopic (exact) mass is 745 g/mol. The van der Waals surface area contributed by atoms with Crippen LogP contribution in [0.25, 0.3) is 94.5 Å². The van der Waals surface area contributed by atoms with Crippen LogP contribution < -0.4 is 0 Å². The summed E-state index contributed by atoms with van der Waals surface area (Å²) in [7, 11) is 0. The molecule has 5 nitrogen and oxygen atoms in total. The molecular formula is C53H39N5. The molecule has 1 aliphatic carbocycles. The van der Waals surface area contributed by atoms with Crippen LogP contribution in [-0.2, 0) is 0 Å². The summed E-state index contributed by atoms with van der Waals surface area (Å²) in [4.78, 5) is 14.9. The van der Waals surface area contributed by atoms with Crippen molar-refractivity contribution in [3.05, 3.63) is 193 Å². The molecule has 1 aliphatic rings. The molecule has 5 heteroatoms. The van der Waals surface area contributed by atoms with Crippen LogP contribution in [0.3, 0.4) is 0 Å². The summed E-state index contributed by atoms with van der Waals surface area (Å²) in [6.07, 6.45) is 8.56. The van der Waals surface area contributed by atoms with Gasteiger partial charge in [-0.15, -0.1) is 0 Å². The number of benzene rings is 7.